The summed E-state index contributed by atoms with van der Waals surface area (Å²) >= 11 is 0. The minimum atomic E-state index is -0.121. The summed E-state index contributed by atoms with van der Waals surface area (Å²) in [5.74, 6) is 2.67. The highest BCUT2D eigenvalue weighted by molar-refractivity contribution is 5.76. The van der Waals surface area contributed by atoms with Gasteiger partial charge in [-0.2, -0.15) is 0 Å². The van der Waals surface area contributed by atoms with Crippen LogP contribution in [-0.4, -0.2) is 16.2 Å². The molecular formula is C25H26N2O2. The van der Waals surface area contributed by atoms with E-state index in [0.717, 1.165) is 34.8 Å². The molecule has 0 spiro atoms. The van der Waals surface area contributed by atoms with Crippen LogP contribution in [0.15, 0.2) is 78.9 Å². The predicted molar refractivity (Wildman–Crippen MR) is 117 cm³/mol. The normalized spacial score (nSPS) is 12.1. The molecule has 1 atom stereocenters. The molecule has 0 aliphatic heterocycles. The fourth-order valence-electron chi connectivity index (χ4n) is 3.45. The molecule has 4 nitrogen and oxygen atoms in total. The van der Waals surface area contributed by atoms with Crippen LogP contribution < -0.4 is 9.47 Å². The Bertz CT molecular complexity index is 1060. The standard InChI is InChI=1S/C25H26N2O2/c1-3-24(29-21-9-5-4-6-10-21)25-26-22-11-7-8-12-23(22)27(25)17-18-28-20-15-13-19(2)14-16-20/h4-16,24H,3,17-18H2,1-2H3. The number of hydrogen-bond acceptors (Lipinski definition) is 3. The quantitative estimate of drug-likeness (QED) is 0.375. The van der Waals surface area contributed by atoms with E-state index in [-0.39, 0.29) is 6.10 Å². The molecule has 1 unspecified atom stereocenters. The van der Waals surface area contributed by atoms with Crippen LogP contribution in [0.2, 0.25) is 0 Å². The van der Waals surface area contributed by atoms with Crippen LogP contribution in [0.5, 0.6) is 11.5 Å². The van der Waals surface area contributed by atoms with Gasteiger partial charge in [-0.25, -0.2) is 4.98 Å². The van der Waals surface area contributed by atoms with E-state index in [1.54, 1.807) is 0 Å². The highest BCUT2D eigenvalue weighted by Crippen LogP contribution is 2.27. The van der Waals surface area contributed by atoms with Crippen molar-refractivity contribution >= 4 is 11.0 Å². The molecule has 1 heterocycles. The van der Waals surface area contributed by atoms with Crippen LogP contribution >= 0.6 is 0 Å². The summed E-state index contributed by atoms with van der Waals surface area (Å²) in [6.45, 7) is 5.47. The van der Waals surface area contributed by atoms with E-state index < -0.39 is 0 Å². The summed E-state index contributed by atoms with van der Waals surface area (Å²) in [6.07, 6.45) is 0.709. The van der Waals surface area contributed by atoms with E-state index in [9.17, 15) is 0 Å². The van der Waals surface area contributed by atoms with Crippen molar-refractivity contribution in [3.8, 4) is 11.5 Å². The molecule has 1 aromatic heterocycles. The SMILES string of the molecule is CCC(Oc1ccccc1)c1nc2ccccc2n1CCOc1ccc(C)cc1. The van der Waals surface area contributed by atoms with Crippen molar-refractivity contribution < 1.29 is 9.47 Å². The van der Waals surface area contributed by atoms with Crippen LogP contribution in [-0.2, 0) is 6.54 Å². The third-order valence-electron chi connectivity index (χ3n) is 4.97. The topological polar surface area (TPSA) is 36.3 Å². The maximum atomic E-state index is 6.27. The van der Waals surface area contributed by atoms with Crippen LogP contribution in [0, 0.1) is 6.92 Å². The molecule has 0 aliphatic carbocycles. The number of fused-ring (bicyclic) bond motifs is 1. The number of ether oxygens (including phenoxy) is 2. The van der Waals surface area contributed by atoms with Gasteiger partial charge in [-0.3, -0.25) is 0 Å². The minimum Gasteiger partial charge on any atom is -0.492 e. The molecule has 0 aliphatic rings. The second kappa shape index (κ2) is 8.82. The minimum absolute atomic E-state index is 0.121. The molecule has 0 bridgehead atoms. The number of rotatable bonds is 8. The lowest BCUT2D eigenvalue weighted by molar-refractivity contribution is 0.184. The van der Waals surface area contributed by atoms with E-state index in [1.807, 2.05) is 60.7 Å². The van der Waals surface area contributed by atoms with E-state index in [2.05, 4.69) is 36.6 Å². The first-order valence-corrected chi connectivity index (χ1v) is 10.1. The Morgan fingerprint density at radius 2 is 1.59 bits per heavy atom. The van der Waals surface area contributed by atoms with Gasteiger partial charge in [0.05, 0.1) is 17.6 Å². The number of benzene rings is 3. The molecule has 3 aromatic carbocycles. The van der Waals surface area contributed by atoms with Crippen molar-refractivity contribution in [2.45, 2.75) is 32.9 Å². The maximum Gasteiger partial charge on any atom is 0.156 e. The van der Waals surface area contributed by atoms with Crippen LogP contribution in [0.4, 0.5) is 0 Å². The van der Waals surface area contributed by atoms with Crippen molar-refractivity contribution in [1.82, 2.24) is 9.55 Å². The lowest BCUT2D eigenvalue weighted by Crippen LogP contribution is -2.17. The van der Waals surface area contributed by atoms with Crippen molar-refractivity contribution in [2.24, 2.45) is 0 Å². The van der Waals surface area contributed by atoms with Gasteiger partial charge in [-0.1, -0.05) is 55.0 Å². The molecule has 4 rings (SSSR count). The highest BCUT2D eigenvalue weighted by atomic mass is 16.5. The number of hydrogen-bond donors (Lipinski definition) is 0. The Balaban J connectivity index is 1.58. The molecule has 0 N–H and O–H groups in total. The van der Waals surface area contributed by atoms with Gasteiger partial charge in [-0.05, 0) is 49.7 Å². The summed E-state index contributed by atoms with van der Waals surface area (Å²) in [5, 5.41) is 0. The molecule has 0 saturated carbocycles. The van der Waals surface area contributed by atoms with Crippen molar-refractivity contribution in [2.75, 3.05) is 6.61 Å². The van der Waals surface area contributed by atoms with Gasteiger partial charge in [0, 0.05) is 0 Å². The van der Waals surface area contributed by atoms with Gasteiger partial charge < -0.3 is 14.0 Å². The summed E-state index contributed by atoms with van der Waals surface area (Å²) in [7, 11) is 0. The Hall–Kier alpha value is -3.27. The first-order chi connectivity index (χ1) is 14.2. The third kappa shape index (κ3) is 4.43. The lowest BCUT2D eigenvalue weighted by Gasteiger charge is -2.19. The highest BCUT2D eigenvalue weighted by Gasteiger charge is 2.20. The summed E-state index contributed by atoms with van der Waals surface area (Å²) in [5.41, 5.74) is 3.31. The average Bonchev–Trinajstić information content (AvgIpc) is 3.13. The summed E-state index contributed by atoms with van der Waals surface area (Å²) in [4.78, 5) is 4.90. The second-order valence-corrected chi connectivity index (χ2v) is 7.10. The Labute approximate surface area is 171 Å². The van der Waals surface area contributed by atoms with Crippen LogP contribution in [0.1, 0.15) is 30.8 Å². The van der Waals surface area contributed by atoms with Crippen molar-refractivity contribution in [3.63, 3.8) is 0 Å². The van der Waals surface area contributed by atoms with E-state index in [1.165, 1.54) is 5.56 Å². The first-order valence-electron chi connectivity index (χ1n) is 10.1. The molecule has 0 saturated heterocycles. The van der Waals surface area contributed by atoms with E-state index in [4.69, 9.17) is 14.5 Å². The van der Waals surface area contributed by atoms with Crippen LogP contribution in [0.3, 0.4) is 0 Å². The van der Waals surface area contributed by atoms with Gasteiger partial charge in [0.1, 0.15) is 18.1 Å². The Morgan fingerprint density at radius 3 is 2.34 bits per heavy atom. The molecular weight excluding hydrogens is 360 g/mol. The Kier molecular flexibility index (Phi) is 5.80. The monoisotopic (exact) mass is 386 g/mol. The number of para-hydroxylation sites is 3. The molecule has 4 aromatic rings. The zero-order valence-electron chi connectivity index (χ0n) is 16.9. The molecule has 148 valence electrons. The smallest absolute Gasteiger partial charge is 0.156 e. The molecule has 0 amide bonds. The maximum absolute atomic E-state index is 6.27. The van der Waals surface area contributed by atoms with Gasteiger partial charge in [0.25, 0.3) is 0 Å². The molecule has 29 heavy (non-hydrogen) atoms. The van der Waals surface area contributed by atoms with Crippen LogP contribution in [0.25, 0.3) is 11.0 Å². The Morgan fingerprint density at radius 1 is 0.862 bits per heavy atom. The summed E-state index contributed by atoms with van der Waals surface area (Å²) in [6, 6.07) is 26.3. The zero-order chi connectivity index (χ0) is 20.1. The molecule has 0 fully saturated rings. The number of aryl methyl sites for hydroxylation is 1. The van der Waals surface area contributed by atoms with Gasteiger partial charge in [0.15, 0.2) is 11.9 Å². The lowest BCUT2D eigenvalue weighted by atomic mass is 10.2. The number of aromatic nitrogens is 2. The van der Waals surface area contributed by atoms with Gasteiger partial charge in [-0.15, -0.1) is 0 Å². The summed E-state index contributed by atoms with van der Waals surface area (Å²) < 4.78 is 14.5. The fraction of sp³-hybridized carbons (Fsp3) is 0.240. The molecule has 4 heteroatoms. The van der Waals surface area contributed by atoms with Gasteiger partial charge >= 0.3 is 0 Å². The molecule has 0 radical (unpaired) electrons. The second-order valence-electron chi connectivity index (χ2n) is 7.10. The van der Waals surface area contributed by atoms with E-state index in [0.29, 0.717) is 13.2 Å². The average molecular weight is 386 g/mol. The predicted octanol–water partition coefficient (Wildman–Crippen LogP) is 5.95. The van der Waals surface area contributed by atoms with Crippen molar-refractivity contribution in [1.29, 1.82) is 0 Å². The van der Waals surface area contributed by atoms with Gasteiger partial charge in [0.2, 0.25) is 0 Å². The largest absolute Gasteiger partial charge is 0.492 e. The van der Waals surface area contributed by atoms with E-state index >= 15 is 0 Å². The zero-order valence-corrected chi connectivity index (χ0v) is 16.9. The number of imidazole rings is 1. The first kappa shape index (κ1) is 19.1. The third-order valence-corrected chi connectivity index (χ3v) is 4.97. The number of nitrogens with zero attached hydrogens (tertiary/aromatic N) is 2. The fourth-order valence-corrected chi connectivity index (χ4v) is 3.45. The van der Waals surface area contributed by atoms with Crippen molar-refractivity contribution in [3.05, 3.63) is 90.3 Å².